The minimum Gasteiger partial charge on any atom is -0.484 e. The van der Waals surface area contributed by atoms with Crippen LogP contribution in [0.2, 0.25) is 0 Å². The van der Waals surface area contributed by atoms with Crippen LogP contribution in [-0.2, 0) is 4.79 Å². The molecular formula is C17H21N3O3. The Morgan fingerprint density at radius 3 is 2.57 bits per heavy atom. The molecule has 0 N–H and O–H groups in total. The van der Waals surface area contributed by atoms with E-state index in [0.29, 0.717) is 11.6 Å². The van der Waals surface area contributed by atoms with Gasteiger partial charge in [0, 0.05) is 17.6 Å². The average Bonchev–Trinajstić information content (AvgIpc) is 3.08. The molecule has 0 unspecified atom stereocenters. The number of ether oxygens (including phenoxy) is 1. The summed E-state index contributed by atoms with van der Waals surface area (Å²) < 4.78 is 10.8. The predicted octanol–water partition coefficient (Wildman–Crippen LogP) is 2.90. The van der Waals surface area contributed by atoms with Gasteiger partial charge in [-0.05, 0) is 57.4 Å². The summed E-state index contributed by atoms with van der Waals surface area (Å²) in [5.74, 6) is 1.16. The molecule has 0 radical (unpaired) electrons. The molecule has 1 amide bonds. The molecule has 1 aromatic heterocycles. The Labute approximate surface area is 135 Å². The largest absolute Gasteiger partial charge is 0.484 e. The molecule has 122 valence electrons. The second-order valence-corrected chi connectivity index (χ2v) is 5.99. The lowest BCUT2D eigenvalue weighted by Gasteiger charge is -2.38. The number of likely N-dealkylation sites (tertiary alicyclic amines) is 1. The number of carbonyl (C=O) groups is 1. The molecule has 3 rings (SSSR count). The van der Waals surface area contributed by atoms with E-state index in [1.54, 1.807) is 12.1 Å². The van der Waals surface area contributed by atoms with Gasteiger partial charge < -0.3 is 14.1 Å². The molecular weight excluding hydrogens is 294 g/mol. The molecule has 1 fully saturated rings. The maximum atomic E-state index is 12.4. The number of nitrogens with zero attached hydrogens (tertiary/aromatic N) is 3. The fraction of sp³-hybridized carbons (Fsp3) is 0.471. The number of aromatic nitrogens is 2. The van der Waals surface area contributed by atoms with Gasteiger partial charge in [-0.2, -0.15) is 0 Å². The number of hydrogen-bond acceptors (Lipinski definition) is 5. The highest BCUT2D eigenvalue weighted by molar-refractivity contribution is 5.78. The van der Waals surface area contributed by atoms with E-state index in [1.807, 2.05) is 17.0 Å². The van der Waals surface area contributed by atoms with Gasteiger partial charge in [0.15, 0.2) is 6.61 Å². The van der Waals surface area contributed by atoms with Crippen LogP contribution in [0, 0.1) is 0 Å². The van der Waals surface area contributed by atoms with Crippen molar-refractivity contribution in [3.63, 3.8) is 0 Å². The van der Waals surface area contributed by atoms with Crippen molar-refractivity contribution in [2.24, 2.45) is 0 Å². The van der Waals surface area contributed by atoms with Crippen molar-refractivity contribution in [2.75, 3.05) is 6.61 Å². The van der Waals surface area contributed by atoms with Crippen molar-refractivity contribution in [1.82, 2.24) is 15.1 Å². The summed E-state index contributed by atoms with van der Waals surface area (Å²) in [5.41, 5.74) is 0.819. The van der Waals surface area contributed by atoms with Crippen LogP contribution >= 0.6 is 0 Å². The van der Waals surface area contributed by atoms with Gasteiger partial charge in [0.05, 0.1) is 0 Å². The maximum Gasteiger partial charge on any atom is 0.260 e. The molecule has 1 aliphatic rings. The van der Waals surface area contributed by atoms with Gasteiger partial charge in [-0.25, -0.2) is 0 Å². The second kappa shape index (κ2) is 6.81. The lowest BCUT2D eigenvalue weighted by Crippen LogP contribution is -2.49. The first-order valence-electron chi connectivity index (χ1n) is 7.95. The molecule has 6 heteroatoms. The lowest BCUT2D eigenvalue weighted by molar-refractivity contribution is -0.139. The minimum atomic E-state index is 0.0469. The Kier molecular flexibility index (Phi) is 4.60. The summed E-state index contributed by atoms with van der Waals surface area (Å²) in [7, 11) is 0. The van der Waals surface area contributed by atoms with Crippen molar-refractivity contribution < 1.29 is 13.9 Å². The number of rotatable bonds is 4. The monoisotopic (exact) mass is 315 g/mol. The standard InChI is InChI=1S/C17H21N3O3/c1-12-4-3-5-13(2)20(12)16(21)10-22-15-8-6-14(7-9-15)17-19-18-11-23-17/h6-9,11-13H,3-5,10H2,1-2H3/t12-,13+. The highest BCUT2D eigenvalue weighted by Crippen LogP contribution is 2.23. The Morgan fingerprint density at radius 2 is 1.96 bits per heavy atom. The summed E-state index contributed by atoms with van der Waals surface area (Å²) >= 11 is 0. The van der Waals surface area contributed by atoms with E-state index in [4.69, 9.17) is 9.15 Å². The predicted molar refractivity (Wildman–Crippen MR) is 84.9 cm³/mol. The summed E-state index contributed by atoms with van der Waals surface area (Å²) in [5, 5.41) is 7.50. The number of amides is 1. The molecule has 0 spiro atoms. The van der Waals surface area contributed by atoms with E-state index in [9.17, 15) is 4.79 Å². The molecule has 2 atom stereocenters. The van der Waals surface area contributed by atoms with Gasteiger partial charge in [-0.15, -0.1) is 10.2 Å². The van der Waals surface area contributed by atoms with Crippen molar-refractivity contribution in [3.8, 4) is 17.2 Å². The smallest absolute Gasteiger partial charge is 0.260 e. The van der Waals surface area contributed by atoms with Gasteiger partial charge in [0.25, 0.3) is 5.91 Å². The van der Waals surface area contributed by atoms with E-state index in [2.05, 4.69) is 24.0 Å². The Morgan fingerprint density at radius 1 is 1.26 bits per heavy atom. The van der Waals surface area contributed by atoms with Crippen LogP contribution in [0.1, 0.15) is 33.1 Å². The molecule has 0 saturated carbocycles. The van der Waals surface area contributed by atoms with Gasteiger partial charge in [0.1, 0.15) is 5.75 Å². The van der Waals surface area contributed by atoms with E-state index < -0.39 is 0 Å². The molecule has 1 aromatic carbocycles. The zero-order valence-corrected chi connectivity index (χ0v) is 13.4. The van der Waals surface area contributed by atoms with Crippen molar-refractivity contribution in [2.45, 2.75) is 45.2 Å². The average molecular weight is 315 g/mol. The zero-order valence-electron chi connectivity index (χ0n) is 13.4. The topological polar surface area (TPSA) is 68.5 Å². The normalized spacial score (nSPS) is 21.2. The minimum absolute atomic E-state index is 0.0469. The first-order chi connectivity index (χ1) is 11.1. The lowest BCUT2D eigenvalue weighted by atomic mass is 9.97. The molecule has 1 aliphatic heterocycles. The number of piperidine rings is 1. The van der Waals surface area contributed by atoms with E-state index >= 15 is 0 Å². The molecule has 2 aromatic rings. The van der Waals surface area contributed by atoms with Crippen LogP contribution in [0.15, 0.2) is 35.1 Å². The summed E-state index contributed by atoms with van der Waals surface area (Å²) in [6.07, 6.45) is 4.60. The van der Waals surface area contributed by atoms with Gasteiger partial charge in [-0.3, -0.25) is 4.79 Å². The van der Waals surface area contributed by atoms with Crippen LogP contribution in [0.25, 0.3) is 11.5 Å². The quantitative estimate of drug-likeness (QED) is 0.867. The van der Waals surface area contributed by atoms with Crippen LogP contribution in [0.5, 0.6) is 5.75 Å². The second-order valence-electron chi connectivity index (χ2n) is 5.99. The Bertz CT molecular complexity index is 630. The highest BCUT2D eigenvalue weighted by Gasteiger charge is 2.28. The first-order valence-corrected chi connectivity index (χ1v) is 7.95. The van der Waals surface area contributed by atoms with Crippen LogP contribution in [0.4, 0.5) is 0 Å². The third-order valence-electron chi connectivity index (χ3n) is 4.31. The molecule has 0 bridgehead atoms. The van der Waals surface area contributed by atoms with Gasteiger partial charge in [-0.1, -0.05) is 0 Å². The van der Waals surface area contributed by atoms with E-state index in [0.717, 1.165) is 18.4 Å². The summed E-state index contributed by atoms with van der Waals surface area (Å²) in [4.78, 5) is 14.4. The number of benzene rings is 1. The van der Waals surface area contributed by atoms with Crippen molar-refractivity contribution in [3.05, 3.63) is 30.7 Å². The van der Waals surface area contributed by atoms with Crippen molar-refractivity contribution in [1.29, 1.82) is 0 Å². The molecule has 2 heterocycles. The summed E-state index contributed by atoms with van der Waals surface area (Å²) in [6, 6.07) is 7.84. The van der Waals surface area contributed by atoms with Crippen LogP contribution < -0.4 is 4.74 Å². The van der Waals surface area contributed by atoms with Gasteiger partial charge in [0.2, 0.25) is 12.3 Å². The van der Waals surface area contributed by atoms with Gasteiger partial charge >= 0.3 is 0 Å². The zero-order chi connectivity index (χ0) is 16.2. The molecule has 1 saturated heterocycles. The third-order valence-corrected chi connectivity index (χ3v) is 4.31. The maximum absolute atomic E-state index is 12.4. The fourth-order valence-electron chi connectivity index (χ4n) is 3.13. The Balaban J connectivity index is 1.58. The summed E-state index contributed by atoms with van der Waals surface area (Å²) in [6.45, 7) is 4.27. The highest BCUT2D eigenvalue weighted by atomic mass is 16.5. The molecule has 6 nitrogen and oxygen atoms in total. The van der Waals surface area contributed by atoms with Crippen LogP contribution in [0.3, 0.4) is 0 Å². The first kappa shape index (κ1) is 15.5. The molecule has 0 aliphatic carbocycles. The van der Waals surface area contributed by atoms with Crippen LogP contribution in [-0.4, -0.2) is 39.7 Å². The third kappa shape index (κ3) is 3.52. The SMILES string of the molecule is C[C@@H]1CCC[C@H](C)N1C(=O)COc1ccc(-c2nnco2)cc1. The number of hydrogen-bond donors (Lipinski definition) is 0. The number of carbonyl (C=O) groups excluding carboxylic acids is 1. The van der Waals surface area contributed by atoms with E-state index in [-0.39, 0.29) is 24.6 Å². The van der Waals surface area contributed by atoms with Crippen molar-refractivity contribution >= 4 is 5.91 Å². The fourth-order valence-corrected chi connectivity index (χ4v) is 3.13. The Hall–Kier alpha value is -2.37. The van der Waals surface area contributed by atoms with E-state index in [1.165, 1.54) is 12.8 Å². The molecule has 23 heavy (non-hydrogen) atoms.